The summed E-state index contributed by atoms with van der Waals surface area (Å²) in [6, 6.07) is 14.4. The van der Waals surface area contributed by atoms with Crippen molar-refractivity contribution in [2.75, 3.05) is 17.7 Å². The molecule has 0 bridgehead atoms. The van der Waals surface area contributed by atoms with Gasteiger partial charge in [0.15, 0.2) is 5.17 Å². The van der Waals surface area contributed by atoms with Crippen LogP contribution in [0.4, 0.5) is 11.4 Å². The molecular weight excluding hydrogens is 388 g/mol. The lowest BCUT2D eigenvalue weighted by Crippen LogP contribution is -2.42. The first-order valence-corrected chi connectivity index (χ1v) is 10.3. The number of amidine groups is 2. The summed E-state index contributed by atoms with van der Waals surface area (Å²) in [4.78, 5) is 35.2. The first-order chi connectivity index (χ1) is 14.1. The lowest BCUT2D eigenvalue weighted by molar-refractivity contribution is -0.119. The number of thioether (sulfide) groups is 1. The first-order valence-electron chi connectivity index (χ1n) is 9.32. The van der Waals surface area contributed by atoms with E-state index in [0.717, 1.165) is 17.0 Å². The number of amides is 2. The minimum absolute atomic E-state index is 0.155. The highest BCUT2D eigenvalue weighted by Crippen LogP contribution is 2.33. The predicted molar refractivity (Wildman–Crippen MR) is 115 cm³/mol. The van der Waals surface area contributed by atoms with Gasteiger partial charge in [-0.05, 0) is 50.2 Å². The highest BCUT2D eigenvalue weighted by Gasteiger charge is 2.39. The van der Waals surface area contributed by atoms with Gasteiger partial charge in [0.2, 0.25) is 5.91 Å². The van der Waals surface area contributed by atoms with Crippen molar-refractivity contribution in [3.8, 4) is 5.75 Å². The third kappa shape index (κ3) is 3.88. The molecule has 0 saturated heterocycles. The minimum Gasteiger partial charge on any atom is -0.494 e. The van der Waals surface area contributed by atoms with Crippen LogP contribution >= 0.6 is 11.8 Å². The number of carbonyl (C=O) groups is 2. The van der Waals surface area contributed by atoms with E-state index in [1.807, 2.05) is 43.3 Å². The molecule has 29 heavy (non-hydrogen) atoms. The van der Waals surface area contributed by atoms with Crippen LogP contribution in [0.25, 0.3) is 0 Å². The van der Waals surface area contributed by atoms with E-state index in [-0.39, 0.29) is 17.6 Å². The van der Waals surface area contributed by atoms with Crippen LogP contribution in [0.3, 0.4) is 0 Å². The van der Waals surface area contributed by atoms with Gasteiger partial charge in [0, 0.05) is 11.3 Å². The molecule has 0 aromatic heterocycles. The SMILES string of the molecule is CCOc1ccc(NC(=O)CSC2=Nc3ccccc3C3=NC(=O)C(C)N23)cc1. The summed E-state index contributed by atoms with van der Waals surface area (Å²) in [7, 11) is 0. The third-order valence-electron chi connectivity index (χ3n) is 4.54. The number of nitrogens with one attached hydrogen (secondary N) is 1. The van der Waals surface area contributed by atoms with Crippen molar-refractivity contribution in [3.63, 3.8) is 0 Å². The molecule has 1 atom stereocenters. The van der Waals surface area contributed by atoms with E-state index >= 15 is 0 Å². The van der Waals surface area contributed by atoms with Gasteiger partial charge in [-0.1, -0.05) is 23.9 Å². The zero-order valence-electron chi connectivity index (χ0n) is 16.1. The molecule has 2 amide bonds. The molecule has 0 fully saturated rings. The van der Waals surface area contributed by atoms with E-state index in [1.54, 1.807) is 24.0 Å². The Kier molecular flexibility index (Phi) is 5.35. The Hall–Kier alpha value is -3.13. The van der Waals surface area contributed by atoms with Gasteiger partial charge >= 0.3 is 0 Å². The molecule has 0 aliphatic carbocycles. The monoisotopic (exact) mass is 408 g/mol. The van der Waals surface area contributed by atoms with Crippen molar-refractivity contribution in [3.05, 3.63) is 54.1 Å². The summed E-state index contributed by atoms with van der Waals surface area (Å²) in [5.41, 5.74) is 2.27. The van der Waals surface area contributed by atoms with E-state index < -0.39 is 6.04 Å². The van der Waals surface area contributed by atoms with Gasteiger partial charge < -0.3 is 10.1 Å². The fourth-order valence-corrected chi connectivity index (χ4v) is 4.02. The number of carbonyl (C=O) groups excluding carboxylic acids is 2. The van der Waals surface area contributed by atoms with Crippen LogP contribution in [0.2, 0.25) is 0 Å². The Labute approximate surface area is 172 Å². The Balaban J connectivity index is 1.46. The van der Waals surface area contributed by atoms with Crippen LogP contribution in [-0.2, 0) is 9.59 Å². The number of hydrogen-bond donors (Lipinski definition) is 1. The number of rotatable bonds is 5. The van der Waals surface area contributed by atoms with Crippen LogP contribution in [0, 0.1) is 0 Å². The molecule has 2 aromatic rings. The van der Waals surface area contributed by atoms with Crippen LogP contribution in [-0.4, -0.2) is 46.1 Å². The van der Waals surface area contributed by atoms with E-state index in [9.17, 15) is 9.59 Å². The zero-order chi connectivity index (χ0) is 20.4. The van der Waals surface area contributed by atoms with Crippen LogP contribution < -0.4 is 10.1 Å². The van der Waals surface area contributed by atoms with Crippen molar-refractivity contribution < 1.29 is 14.3 Å². The van der Waals surface area contributed by atoms with Gasteiger partial charge in [0.05, 0.1) is 18.0 Å². The quantitative estimate of drug-likeness (QED) is 0.819. The number of fused-ring (bicyclic) bond motifs is 3. The summed E-state index contributed by atoms with van der Waals surface area (Å²) >= 11 is 1.29. The Morgan fingerprint density at radius 3 is 2.69 bits per heavy atom. The smallest absolute Gasteiger partial charge is 0.270 e. The second-order valence-corrected chi connectivity index (χ2v) is 7.47. The van der Waals surface area contributed by atoms with Gasteiger partial charge in [0.25, 0.3) is 5.91 Å². The Bertz CT molecular complexity index is 1020. The third-order valence-corrected chi connectivity index (χ3v) is 5.49. The van der Waals surface area contributed by atoms with Gasteiger partial charge in [-0.3, -0.25) is 14.5 Å². The number of para-hydroxylation sites is 1. The van der Waals surface area contributed by atoms with E-state index in [1.165, 1.54) is 11.8 Å². The van der Waals surface area contributed by atoms with Gasteiger partial charge in [-0.15, -0.1) is 0 Å². The Morgan fingerprint density at radius 1 is 1.17 bits per heavy atom. The molecule has 0 spiro atoms. The summed E-state index contributed by atoms with van der Waals surface area (Å²) in [5, 5.41) is 3.46. The average Bonchev–Trinajstić information content (AvgIpc) is 3.03. The predicted octanol–water partition coefficient (Wildman–Crippen LogP) is 3.44. The summed E-state index contributed by atoms with van der Waals surface area (Å²) in [6.07, 6.45) is 0. The molecule has 1 unspecified atom stereocenters. The molecular formula is C21H20N4O3S. The number of aliphatic imine (C=N–C) groups is 2. The number of hydrogen-bond acceptors (Lipinski definition) is 6. The van der Waals surface area contributed by atoms with Gasteiger partial charge in [-0.25, -0.2) is 4.99 Å². The average molecular weight is 408 g/mol. The van der Waals surface area contributed by atoms with Crippen molar-refractivity contribution in [1.82, 2.24) is 4.90 Å². The second-order valence-electron chi connectivity index (χ2n) is 6.53. The Morgan fingerprint density at radius 2 is 1.93 bits per heavy atom. The maximum absolute atomic E-state index is 12.4. The van der Waals surface area contributed by atoms with E-state index in [4.69, 9.17) is 4.74 Å². The minimum atomic E-state index is -0.432. The number of anilines is 1. The molecule has 2 aromatic carbocycles. The number of ether oxygens (including phenoxy) is 1. The fourth-order valence-electron chi connectivity index (χ4n) is 3.14. The molecule has 0 radical (unpaired) electrons. The van der Waals surface area contributed by atoms with Crippen molar-refractivity contribution >= 4 is 46.0 Å². The number of nitrogens with zero attached hydrogens (tertiary/aromatic N) is 3. The first kappa shape index (κ1) is 19.2. The molecule has 2 heterocycles. The molecule has 2 aliphatic heterocycles. The molecule has 1 N–H and O–H groups in total. The molecule has 148 valence electrons. The second kappa shape index (κ2) is 8.08. The topological polar surface area (TPSA) is 83.4 Å². The highest BCUT2D eigenvalue weighted by molar-refractivity contribution is 8.14. The molecule has 0 saturated carbocycles. The van der Waals surface area contributed by atoms with E-state index in [0.29, 0.717) is 23.3 Å². The molecule has 7 nitrogen and oxygen atoms in total. The largest absolute Gasteiger partial charge is 0.494 e. The van der Waals surface area contributed by atoms with Crippen molar-refractivity contribution in [2.24, 2.45) is 9.98 Å². The van der Waals surface area contributed by atoms with Crippen molar-refractivity contribution in [1.29, 1.82) is 0 Å². The normalized spacial score (nSPS) is 17.2. The number of benzene rings is 2. The van der Waals surface area contributed by atoms with Gasteiger partial charge in [0.1, 0.15) is 17.6 Å². The summed E-state index contributed by atoms with van der Waals surface area (Å²) in [5.74, 6) is 1.16. The molecule has 8 heteroatoms. The zero-order valence-corrected chi connectivity index (χ0v) is 16.9. The van der Waals surface area contributed by atoms with Gasteiger partial charge in [-0.2, -0.15) is 4.99 Å². The van der Waals surface area contributed by atoms with Crippen molar-refractivity contribution in [2.45, 2.75) is 19.9 Å². The standard InChI is InChI=1S/C21H20N4O3S/c1-3-28-15-10-8-14(9-11-15)22-18(26)12-29-21-23-17-7-5-4-6-16(17)19-24-20(27)13(2)25(19)21/h4-11,13H,3,12H2,1-2H3,(H,22,26). The fraction of sp³-hybridized carbons (Fsp3) is 0.238. The maximum atomic E-state index is 12.4. The lowest BCUT2D eigenvalue weighted by Gasteiger charge is -2.29. The van der Waals surface area contributed by atoms with Crippen LogP contribution in [0.1, 0.15) is 19.4 Å². The molecule has 4 rings (SSSR count). The summed E-state index contributed by atoms with van der Waals surface area (Å²) in [6.45, 7) is 4.31. The molecule has 2 aliphatic rings. The maximum Gasteiger partial charge on any atom is 0.270 e. The van der Waals surface area contributed by atoms with Crippen LogP contribution in [0.5, 0.6) is 5.75 Å². The van der Waals surface area contributed by atoms with E-state index in [2.05, 4.69) is 15.3 Å². The lowest BCUT2D eigenvalue weighted by atomic mass is 10.1. The summed E-state index contributed by atoms with van der Waals surface area (Å²) < 4.78 is 5.40. The van der Waals surface area contributed by atoms with Crippen LogP contribution in [0.15, 0.2) is 58.5 Å². The highest BCUT2D eigenvalue weighted by atomic mass is 32.2.